The van der Waals surface area contributed by atoms with Crippen molar-refractivity contribution in [3.8, 4) is 0 Å². The number of piperazine rings is 1. The second kappa shape index (κ2) is 10.1. The van der Waals surface area contributed by atoms with E-state index in [-0.39, 0.29) is 24.8 Å². The zero-order chi connectivity index (χ0) is 20.6. The maximum Gasteiger partial charge on any atom is 0.312 e. The lowest BCUT2D eigenvalue weighted by molar-refractivity contribution is -0.909. The van der Waals surface area contributed by atoms with E-state index in [2.05, 4.69) is 15.4 Å². The van der Waals surface area contributed by atoms with Crippen molar-refractivity contribution in [2.75, 3.05) is 32.1 Å². The van der Waals surface area contributed by atoms with Gasteiger partial charge in [0.1, 0.15) is 6.42 Å². The smallest absolute Gasteiger partial charge is 0.312 e. The second-order valence-corrected chi connectivity index (χ2v) is 7.78. The average Bonchev–Trinajstić information content (AvgIpc) is 2.72. The molecule has 3 rings (SSSR count). The van der Waals surface area contributed by atoms with E-state index < -0.39 is 12.0 Å². The molecule has 0 spiro atoms. The van der Waals surface area contributed by atoms with Gasteiger partial charge in [0, 0.05) is 9.79 Å². The molecule has 0 aromatic heterocycles. The number of benzene rings is 2. The molecule has 152 valence electrons. The lowest BCUT2D eigenvalue weighted by atomic mass is 10.1. The molecule has 1 aliphatic rings. The Bertz CT molecular complexity index is 875. The lowest BCUT2D eigenvalue weighted by Crippen LogP contribution is -3.20. The third-order valence-electron chi connectivity index (χ3n) is 4.67. The summed E-state index contributed by atoms with van der Waals surface area (Å²) in [6.07, 6.45) is -0.0502. The molecule has 0 radical (unpaired) electrons. The normalized spacial score (nSPS) is 18.6. The number of para-hydroxylation sites is 1. The number of quaternary nitrogens is 1. The Morgan fingerprint density at radius 3 is 2.66 bits per heavy atom. The van der Waals surface area contributed by atoms with E-state index in [4.69, 9.17) is 0 Å². The van der Waals surface area contributed by atoms with Crippen molar-refractivity contribution in [2.24, 2.45) is 0 Å². The van der Waals surface area contributed by atoms with Crippen LogP contribution in [0.5, 0.6) is 0 Å². The number of anilines is 1. The van der Waals surface area contributed by atoms with Crippen molar-refractivity contribution in [3.63, 3.8) is 0 Å². The van der Waals surface area contributed by atoms with E-state index in [1.165, 1.54) is 7.11 Å². The van der Waals surface area contributed by atoms with Crippen molar-refractivity contribution in [2.45, 2.75) is 22.3 Å². The average molecular weight is 415 g/mol. The fourth-order valence-electron chi connectivity index (χ4n) is 3.20. The molecular weight excluding hydrogens is 390 g/mol. The van der Waals surface area contributed by atoms with Crippen LogP contribution in [0.25, 0.3) is 0 Å². The summed E-state index contributed by atoms with van der Waals surface area (Å²) in [6, 6.07) is 16.9. The number of esters is 1. The fraction of sp³-hybridized carbons (Fsp3) is 0.286. The molecule has 1 unspecified atom stereocenters. The maximum absolute atomic E-state index is 12.7. The van der Waals surface area contributed by atoms with Gasteiger partial charge in [0.05, 0.1) is 25.9 Å². The minimum Gasteiger partial charge on any atom is -0.469 e. The zero-order valence-corrected chi connectivity index (χ0v) is 17.0. The van der Waals surface area contributed by atoms with Crippen LogP contribution in [0.2, 0.25) is 0 Å². The van der Waals surface area contributed by atoms with Gasteiger partial charge in [-0.3, -0.25) is 14.4 Å². The van der Waals surface area contributed by atoms with Crippen molar-refractivity contribution in [1.82, 2.24) is 5.32 Å². The number of carbonyl (C=O) groups excluding carboxylic acids is 3. The van der Waals surface area contributed by atoms with Crippen molar-refractivity contribution in [1.29, 1.82) is 0 Å². The van der Waals surface area contributed by atoms with E-state index in [1.807, 2.05) is 54.6 Å². The van der Waals surface area contributed by atoms with Gasteiger partial charge in [-0.15, -0.1) is 0 Å². The maximum atomic E-state index is 12.7. The highest BCUT2D eigenvalue weighted by Crippen LogP contribution is 2.33. The molecule has 0 bridgehead atoms. The minimum absolute atomic E-state index is 0.0502. The predicted octanol–water partition coefficient (Wildman–Crippen LogP) is 0.723. The van der Waals surface area contributed by atoms with Gasteiger partial charge in [-0.1, -0.05) is 42.1 Å². The molecule has 1 saturated heterocycles. The van der Waals surface area contributed by atoms with Crippen LogP contribution in [-0.2, 0) is 19.1 Å². The third-order valence-corrected chi connectivity index (χ3v) is 5.76. The van der Waals surface area contributed by atoms with E-state index in [9.17, 15) is 14.4 Å². The van der Waals surface area contributed by atoms with E-state index in [0.717, 1.165) is 20.4 Å². The number of nitrogens with one attached hydrogen (secondary N) is 3. The summed E-state index contributed by atoms with van der Waals surface area (Å²) in [5, 5.41) is 5.70. The Kier molecular flexibility index (Phi) is 7.26. The van der Waals surface area contributed by atoms with Crippen LogP contribution in [0.3, 0.4) is 0 Å². The summed E-state index contributed by atoms with van der Waals surface area (Å²) in [4.78, 5) is 39.3. The standard InChI is InChI=1S/C21H23N3O4S/c1-28-20(26)13-17-21(27)22-11-12-24(17)14-19(25)23-16-9-5-6-10-18(16)29-15-7-3-2-4-8-15/h2-10,17H,11-14H2,1H3,(H,22,27)(H,23,25)/p+1/t17-/m0/s1. The van der Waals surface area contributed by atoms with Crippen molar-refractivity contribution in [3.05, 3.63) is 54.6 Å². The Morgan fingerprint density at radius 2 is 1.90 bits per heavy atom. The topological polar surface area (TPSA) is 88.9 Å². The molecule has 2 amide bonds. The largest absolute Gasteiger partial charge is 0.469 e. The number of methoxy groups -OCH3 is 1. The quantitative estimate of drug-likeness (QED) is 0.581. The molecule has 2 aromatic carbocycles. The SMILES string of the molecule is COC(=O)C[C@H]1C(=O)NCC[NH+]1CC(=O)Nc1ccccc1Sc1ccccc1. The molecule has 3 N–H and O–H groups in total. The fourth-order valence-corrected chi connectivity index (χ4v) is 4.13. The summed E-state index contributed by atoms with van der Waals surface area (Å²) < 4.78 is 4.69. The number of carbonyl (C=O) groups is 3. The first kappa shape index (κ1) is 20.9. The lowest BCUT2D eigenvalue weighted by Gasteiger charge is -2.30. The number of rotatable bonds is 7. The van der Waals surface area contributed by atoms with Gasteiger partial charge >= 0.3 is 5.97 Å². The number of hydrogen-bond acceptors (Lipinski definition) is 5. The molecule has 2 atom stereocenters. The molecule has 7 nitrogen and oxygen atoms in total. The summed E-state index contributed by atoms with van der Waals surface area (Å²) in [5.74, 6) is -0.898. The van der Waals surface area contributed by atoms with Crippen LogP contribution in [0.4, 0.5) is 5.69 Å². The molecular formula is C21H24N3O4S+. The first-order valence-corrected chi connectivity index (χ1v) is 10.2. The number of ether oxygens (including phenoxy) is 1. The Balaban J connectivity index is 1.67. The molecule has 2 aromatic rings. The van der Waals surface area contributed by atoms with Crippen molar-refractivity contribution < 1.29 is 24.0 Å². The molecule has 1 fully saturated rings. The number of hydrogen-bond donors (Lipinski definition) is 3. The van der Waals surface area contributed by atoms with Crippen LogP contribution in [0.1, 0.15) is 6.42 Å². The summed E-state index contributed by atoms with van der Waals surface area (Å²) in [6.45, 7) is 1.14. The first-order chi connectivity index (χ1) is 14.1. The highest BCUT2D eigenvalue weighted by atomic mass is 32.2. The Labute approximate surface area is 173 Å². The van der Waals surface area contributed by atoms with E-state index in [1.54, 1.807) is 11.8 Å². The molecule has 1 aliphatic heterocycles. The third kappa shape index (κ3) is 5.82. The molecule has 29 heavy (non-hydrogen) atoms. The van der Waals surface area contributed by atoms with Gasteiger partial charge in [0.25, 0.3) is 11.8 Å². The summed E-state index contributed by atoms with van der Waals surface area (Å²) >= 11 is 1.57. The van der Waals surface area contributed by atoms with Gasteiger partial charge in [-0.05, 0) is 24.3 Å². The Morgan fingerprint density at radius 1 is 1.17 bits per heavy atom. The molecule has 1 heterocycles. The van der Waals surface area contributed by atoms with Crippen LogP contribution in [0.15, 0.2) is 64.4 Å². The van der Waals surface area contributed by atoms with Crippen LogP contribution in [-0.4, -0.2) is 50.6 Å². The molecule has 0 aliphatic carbocycles. The van der Waals surface area contributed by atoms with E-state index >= 15 is 0 Å². The molecule has 0 saturated carbocycles. The Hall–Kier alpha value is -2.84. The van der Waals surface area contributed by atoms with Crippen molar-refractivity contribution >= 4 is 35.2 Å². The van der Waals surface area contributed by atoms with Crippen LogP contribution >= 0.6 is 11.8 Å². The highest BCUT2D eigenvalue weighted by molar-refractivity contribution is 7.99. The number of amides is 2. The van der Waals surface area contributed by atoms with Gasteiger partial charge in [-0.2, -0.15) is 0 Å². The first-order valence-electron chi connectivity index (χ1n) is 9.37. The van der Waals surface area contributed by atoms with Gasteiger partial charge in [-0.25, -0.2) is 0 Å². The van der Waals surface area contributed by atoms with Gasteiger partial charge in [0.15, 0.2) is 12.6 Å². The van der Waals surface area contributed by atoms with Crippen LogP contribution < -0.4 is 15.5 Å². The van der Waals surface area contributed by atoms with Gasteiger partial charge < -0.3 is 20.3 Å². The van der Waals surface area contributed by atoms with Gasteiger partial charge in [0.2, 0.25) is 0 Å². The highest BCUT2D eigenvalue weighted by Gasteiger charge is 2.36. The minimum atomic E-state index is -0.629. The zero-order valence-electron chi connectivity index (χ0n) is 16.1. The predicted molar refractivity (Wildman–Crippen MR) is 110 cm³/mol. The second-order valence-electron chi connectivity index (χ2n) is 6.67. The van der Waals surface area contributed by atoms with Crippen LogP contribution in [0, 0.1) is 0 Å². The van der Waals surface area contributed by atoms with E-state index in [0.29, 0.717) is 13.1 Å². The monoisotopic (exact) mass is 414 g/mol. The summed E-state index contributed by atoms with van der Waals surface area (Å²) in [7, 11) is 1.29. The summed E-state index contributed by atoms with van der Waals surface area (Å²) in [5.41, 5.74) is 0.719. The molecule has 8 heteroatoms.